The summed E-state index contributed by atoms with van der Waals surface area (Å²) in [6, 6.07) is 16.6. The Balaban J connectivity index is 1.62. The fourth-order valence-corrected chi connectivity index (χ4v) is 4.64. The van der Waals surface area contributed by atoms with Gasteiger partial charge in [0, 0.05) is 16.9 Å². The third-order valence-electron chi connectivity index (χ3n) is 6.18. The Kier molecular flexibility index (Phi) is 5.61. The molecule has 152 valence electrons. The first-order chi connectivity index (χ1) is 14.0. The first kappa shape index (κ1) is 19.9. The zero-order chi connectivity index (χ0) is 20.4. The number of imide groups is 1. The van der Waals surface area contributed by atoms with Gasteiger partial charge in [0.1, 0.15) is 12.6 Å². The van der Waals surface area contributed by atoms with Crippen molar-refractivity contribution in [3.05, 3.63) is 70.7 Å². The Labute approximate surface area is 175 Å². The molecule has 2 aromatic rings. The van der Waals surface area contributed by atoms with E-state index in [4.69, 9.17) is 16.3 Å². The van der Waals surface area contributed by atoms with E-state index in [2.05, 4.69) is 0 Å². The highest BCUT2D eigenvalue weighted by atomic mass is 35.5. The molecule has 0 spiro atoms. The monoisotopic (exact) mass is 413 g/mol. The van der Waals surface area contributed by atoms with Crippen LogP contribution in [0, 0.1) is 0 Å². The Morgan fingerprint density at radius 3 is 2.41 bits per heavy atom. The summed E-state index contributed by atoms with van der Waals surface area (Å²) in [6.07, 6.45) is 1.87. The van der Waals surface area contributed by atoms with Crippen molar-refractivity contribution >= 4 is 23.6 Å². The number of ether oxygens (including phenoxy) is 1. The molecule has 1 aliphatic carbocycles. The predicted octanol–water partition coefficient (Wildman–Crippen LogP) is 4.62. The van der Waals surface area contributed by atoms with Gasteiger partial charge in [-0.3, -0.25) is 4.79 Å². The van der Waals surface area contributed by atoms with Crippen LogP contribution in [-0.2, 0) is 14.9 Å². The van der Waals surface area contributed by atoms with Crippen molar-refractivity contribution in [3.63, 3.8) is 0 Å². The molecule has 2 amide bonds. The number of aliphatic hydroxyl groups excluding tert-OH is 1. The maximum Gasteiger partial charge on any atom is 0.417 e. The van der Waals surface area contributed by atoms with E-state index in [1.165, 1.54) is 4.90 Å². The summed E-state index contributed by atoms with van der Waals surface area (Å²) in [5, 5.41) is 10.7. The number of hydrogen-bond acceptors (Lipinski definition) is 4. The van der Waals surface area contributed by atoms with Gasteiger partial charge in [0.25, 0.3) is 0 Å². The number of cyclic esters (lactones) is 1. The van der Waals surface area contributed by atoms with Crippen molar-refractivity contribution in [2.75, 3.05) is 6.61 Å². The van der Waals surface area contributed by atoms with Crippen molar-refractivity contribution in [2.45, 2.75) is 49.7 Å². The molecule has 29 heavy (non-hydrogen) atoms. The van der Waals surface area contributed by atoms with Gasteiger partial charge in [-0.15, -0.1) is 0 Å². The van der Waals surface area contributed by atoms with Crippen LogP contribution < -0.4 is 0 Å². The first-order valence-corrected chi connectivity index (χ1v) is 10.3. The second kappa shape index (κ2) is 8.17. The molecule has 1 heterocycles. The Morgan fingerprint density at radius 1 is 1.10 bits per heavy atom. The summed E-state index contributed by atoms with van der Waals surface area (Å²) in [4.78, 5) is 27.0. The van der Waals surface area contributed by atoms with E-state index < -0.39 is 17.6 Å². The summed E-state index contributed by atoms with van der Waals surface area (Å²) < 4.78 is 5.22. The standard InChI is InChI=1S/C23H24ClNO4/c24-18-8-6-17(7-9-18)23(12-10-19(26)11-13-23)14-21(27)25-20(15-29-22(25)28)16-4-2-1-3-5-16/h1-9,19-20,26H,10-15H2/t19?,20-,23?/m1/s1. The van der Waals surface area contributed by atoms with Crippen LogP contribution in [0.1, 0.15) is 49.3 Å². The van der Waals surface area contributed by atoms with Gasteiger partial charge in [0.2, 0.25) is 5.91 Å². The minimum absolute atomic E-state index is 0.168. The van der Waals surface area contributed by atoms with Crippen molar-refractivity contribution < 1.29 is 19.4 Å². The number of hydrogen-bond donors (Lipinski definition) is 1. The summed E-state index contributed by atoms with van der Waals surface area (Å²) in [5.74, 6) is -0.243. The minimum Gasteiger partial charge on any atom is -0.446 e. The molecule has 2 aromatic carbocycles. The van der Waals surface area contributed by atoms with Crippen LogP contribution in [0.25, 0.3) is 0 Å². The molecule has 2 fully saturated rings. The zero-order valence-electron chi connectivity index (χ0n) is 16.1. The van der Waals surface area contributed by atoms with Crippen LogP contribution in [0.4, 0.5) is 4.79 Å². The molecule has 1 saturated carbocycles. The summed E-state index contributed by atoms with van der Waals surface area (Å²) in [7, 11) is 0. The number of rotatable bonds is 4. The molecule has 0 aromatic heterocycles. The Bertz CT molecular complexity index is 876. The predicted molar refractivity (Wildman–Crippen MR) is 110 cm³/mol. The Morgan fingerprint density at radius 2 is 1.76 bits per heavy atom. The summed E-state index contributed by atoms with van der Waals surface area (Å²) in [6.45, 7) is 0.168. The average Bonchev–Trinajstić information content (AvgIpc) is 3.13. The van der Waals surface area contributed by atoms with Crippen molar-refractivity contribution in [2.24, 2.45) is 0 Å². The van der Waals surface area contributed by atoms with Crippen LogP contribution in [0.15, 0.2) is 54.6 Å². The number of amides is 2. The highest BCUT2D eigenvalue weighted by Gasteiger charge is 2.44. The van der Waals surface area contributed by atoms with E-state index >= 15 is 0 Å². The van der Waals surface area contributed by atoms with Crippen molar-refractivity contribution in [1.29, 1.82) is 0 Å². The third-order valence-corrected chi connectivity index (χ3v) is 6.44. The number of nitrogens with zero attached hydrogens (tertiary/aromatic N) is 1. The molecule has 1 aliphatic heterocycles. The molecule has 1 saturated heterocycles. The van der Waals surface area contributed by atoms with E-state index in [1.54, 1.807) is 0 Å². The summed E-state index contributed by atoms with van der Waals surface area (Å²) >= 11 is 6.06. The molecule has 4 rings (SSSR count). The molecule has 0 unspecified atom stereocenters. The smallest absolute Gasteiger partial charge is 0.417 e. The topological polar surface area (TPSA) is 66.8 Å². The lowest BCUT2D eigenvalue weighted by Gasteiger charge is -2.40. The molecular weight excluding hydrogens is 390 g/mol. The highest BCUT2D eigenvalue weighted by Crippen LogP contribution is 2.44. The quantitative estimate of drug-likeness (QED) is 0.793. The largest absolute Gasteiger partial charge is 0.446 e. The fourth-order valence-electron chi connectivity index (χ4n) is 4.52. The van der Waals surface area contributed by atoms with Gasteiger partial charge in [0.05, 0.1) is 6.10 Å². The van der Waals surface area contributed by atoms with Crippen molar-refractivity contribution in [3.8, 4) is 0 Å². The highest BCUT2D eigenvalue weighted by molar-refractivity contribution is 6.30. The van der Waals surface area contributed by atoms with Gasteiger partial charge in [-0.25, -0.2) is 9.69 Å². The van der Waals surface area contributed by atoms with Gasteiger partial charge in [-0.1, -0.05) is 54.1 Å². The van der Waals surface area contributed by atoms with Crippen molar-refractivity contribution in [1.82, 2.24) is 4.90 Å². The van der Waals surface area contributed by atoms with Crippen LogP contribution in [0.5, 0.6) is 0 Å². The lowest BCUT2D eigenvalue weighted by atomic mass is 9.66. The second-order valence-electron chi connectivity index (χ2n) is 7.96. The van der Waals surface area contributed by atoms with Crippen LogP contribution in [-0.4, -0.2) is 34.7 Å². The summed E-state index contributed by atoms with van der Waals surface area (Å²) in [5.41, 5.74) is 1.47. The molecule has 0 radical (unpaired) electrons. The number of halogens is 1. The lowest BCUT2D eigenvalue weighted by molar-refractivity contribution is -0.131. The van der Waals surface area contributed by atoms with E-state index in [0.29, 0.717) is 30.7 Å². The van der Waals surface area contributed by atoms with E-state index in [9.17, 15) is 14.7 Å². The third kappa shape index (κ3) is 4.02. The van der Waals surface area contributed by atoms with Gasteiger partial charge in [-0.05, 0) is 48.9 Å². The van der Waals surface area contributed by atoms with E-state index in [0.717, 1.165) is 11.1 Å². The first-order valence-electron chi connectivity index (χ1n) is 9.96. The lowest BCUT2D eigenvalue weighted by Crippen LogP contribution is -2.42. The molecule has 0 bridgehead atoms. The maximum absolute atomic E-state index is 13.4. The Hall–Kier alpha value is -2.37. The molecule has 6 heteroatoms. The van der Waals surface area contributed by atoms with E-state index in [-0.39, 0.29) is 25.0 Å². The van der Waals surface area contributed by atoms with Gasteiger partial charge in [0.15, 0.2) is 0 Å². The van der Waals surface area contributed by atoms with Gasteiger partial charge in [-0.2, -0.15) is 0 Å². The zero-order valence-corrected chi connectivity index (χ0v) is 16.8. The molecular formula is C23H24ClNO4. The number of aliphatic hydroxyl groups is 1. The molecule has 5 nitrogen and oxygen atoms in total. The van der Waals surface area contributed by atoms with Crippen LogP contribution in [0.2, 0.25) is 5.02 Å². The van der Waals surface area contributed by atoms with Crippen LogP contribution in [0.3, 0.4) is 0 Å². The maximum atomic E-state index is 13.4. The SMILES string of the molecule is O=C(CC1(c2ccc(Cl)cc2)CCC(O)CC1)N1C(=O)OC[C@@H]1c1ccccc1. The fraction of sp³-hybridized carbons (Fsp3) is 0.391. The normalized spacial score (nSPS) is 27.0. The number of carbonyl (C=O) groups excluding carboxylic acids is 2. The van der Waals surface area contributed by atoms with Gasteiger partial charge < -0.3 is 9.84 Å². The molecule has 2 aliphatic rings. The molecule has 1 atom stereocenters. The number of benzene rings is 2. The molecule has 1 N–H and O–H groups in total. The average molecular weight is 414 g/mol. The second-order valence-corrected chi connectivity index (χ2v) is 8.40. The number of carbonyl (C=O) groups is 2. The van der Waals surface area contributed by atoms with Gasteiger partial charge >= 0.3 is 6.09 Å². The van der Waals surface area contributed by atoms with E-state index in [1.807, 2.05) is 54.6 Å². The van der Waals surface area contributed by atoms with Crippen LogP contribution >= 0.6 is 11.6 Å². The minimum atomic E-state index is -0.592.